The molecule has 0 aliphatic heterocycles. The lowest BCUT2D eigenvalue weighted by Gasteiger charge is -2.19. The molecule has 0 unspecified atom stereocenters. The fourth-order valence-corrected chi connectivity index (χ4v) is 3.55. The summed E-state index contributed by atoms with van der Waals surface area (Å²) < 4.78 is 44.2. The van der Waals surface area contributed by atoms with Gasteiger partial charge in [-0.05, 0) is 39.7 Å². The molecule has 0 radical (unpaired) electrons. The highest BCUT2D eigenvalue weighted by atomic mass is 79.9. The highest BCUT2D eigenvalue weighted by molar-refractivity contribution is 9.10. The average molecular weight is 521 g/mol. The summed E-state index contributed by atoms with van der Waals surface area (Å²) >= 11 is 3.34. The fraction of sp³-hybridized carbons (Fsp3) is 0.273. The maximum absolute atomic E-state index is 13.7. The van der Waals surface area contributed by atoms with Gasteiger partial charge in [0.05, 0.1) is 22.9 Å². The molecule has 0 saturated carbocycles. The minimum Gasteiger partial charge on any atom is -0.321 e. The number of anilines is 1. The third kappa shape index (κ3) is 5.08. The van der Waals surface area contributed by atoms with Gasteiger partial charge in [0.2, 0.25) is 0 Å². The monoisotopic (exact) mass is 520 g/mol. The third-order valence-corrected chi connectivity index (χ3v) is 5.26. The maximum Gasteiger partial charge on any atom is 0.433 e. The van der Waals surface area contributed by atoms with Crippen LogP contribution in [0.4, 0.5) is 18.9 Å². The SMILES string of the molecule is CC(C)(C)c1cc(C(F)(F)F)n2nc(C(=O)Nc3cccc(Cn4cc(Br)cn4)c3)cc2n1. The van der Waals surface area contributed by atoms with Crippen LogP contribution in [0.3, 0.4) is 0 Å². The minimum atomic E-state index is -4.66. The van der Waals surface area contributed by atoms with Crippen molar-refractivity contribution in [1.29, 1.82) is 0 Å². The summed E-state index contributed by atoms with van der Waals surface area (Å²) in [6, 6.07) is 9.33. The van der Waals surface area contributed by atoms with E-state index in [0.29, 0.717) is 16.7 Å². The van der Waals surface area contributed by atoms with Crippen molar-refractivity contribution in [1.82, 2.24) is 24.4 Å². The Morgan fingerprint density at radius 2 is 1.91 bits per heavy atom. The molecular weight excluding hydrogens is 501 g/mol. The quantitative estimate of drug-likeness (QED) is 0.395. The van der Waals surface area contributed by atoms with E-state index in [9.17, 15) is 18.0 Å². The number of alkyl halides is 3. The topological polar surface area (TPSA) is 77.1 Å². The fourth-order valence-electron chi connectivity index (χ4n) is 3.23. The van der Waals surface area contributed by atoms with Gasteiger partial charge in [-0.25, -0.2) is 9.50 Å². The second-order valence-electron chi connectivity index (χ2n) is 8.58. The van der Waals surface area contributed by atoms with Gasteiger partial charge in [-0.2, -0.15) is 23.4 Å². The molecule has 11 heteroatoms. The molecule has 172 valence electrons. The van der Waals surface area contributed by atoms with Crippen LogP contribution in [0, 0.1) is 0 Å². The number of amides is 1. The summed E-state index contributed by atoms with van der Waals surface area (Å²) in [6.45, 7) is 5.79. The Morgan fingerprint density at radius 3 is 2.55 bits per heavy atom. The van der Waals surface area contributed by atoms with Crippen LogP contribution in [0.25, 0.3) is 5.65 Å². The standard InChI is InChI=1S/C22H20BrF3N6O/c1-21(2,3)17-9-18(22(24,25)26)32-19(29-17)8-16(30-32)20(33)28-15-6-4-5-13(7-15)11-31-12-14(23)10-27-31/h4-10,12H,11H2,1-3H3,(H,28,33). The van der Waals surface area contributed by atoms with Crippen LogP contribution >= 0.6 is 15.9 Å². The predicted molar refractivity (Wildman–Crippen MR) is 120 cm³/mol. The van der Waals surface area contributed by atoms with Crippen LogP contribution in [-0.4, -0.2) is 30.3 Å². The molecule has 1 amide bonds. The Hall–Kier alpha value is -3.21. The molecule has 0 fully saturated rings. The Kier molecular flexibility index (Phi) is 5.77. The van der Waals surface area contributed by atoms with Crippen LogP contribution in [-0.2, 0) is 18.1 Å². The van der Waals surface area contributed by atoms with E-state index in [4.69, 9.17) is 0 Å². The van der Waals surface area contributed by atoms with Crippen molar-refractivity contribution in [2.45, 2.75) is 38.9 Å². The molecule has 0 bridgehead atoms. The van der Waals surface area contributed by atoms with Crippen LogP contribution in [0.15, 0.2) is 53.3 Å². The molecule has 4 rings (SSSR count). The van der Waals surface area contributed by atoms with E-state index in [0.717, 1.165) is 16.1 Å². The van der Waals surface area contributed by atoms with Crippen molar-refractivity contribution in [3.8, 4) is 0 Å². The summed E-state index contributed by atoms with van der Waals surface area (Å²) in [5.74, 6) is -0.634. The predicted octanol–water partition coefficient (Wildman–Crippen LogP) is 5.31. The Balaban J connectivity index is 1.63. The normalized spacial score (nSPS) is 12.3. The van der Waals surface area contributed by atoms with Crippen LogP contribution < -0.4 is 5.32 Å². The van der Waals surface area contributed by atoms with E-state index >= 15 is 0 Å². The maximum atomic E-state index is 13.7. The highest BCUT2D eigenvalue weighted by Crippen LogP contribution is 2.32. The molecule has 0 aliphatic rings. The molecule has 0 atom stereocenters. The molecule has 3 heterocycles. The zero-order valence-electron chi connectivity index (χ0n) is 18.0. The van der Waals surface area contributed by atoms with Crippen LogP contribution in [0.2, 0.25) is 0 Å². The Bertz CT molecular complexity index is 1340. The van der Waals surface area contributed by atoms with Gasteiger partial charge in [-0.1, -0.05) is 32.9 Å². The van der Waals surface area contributed by atoms with Gasteiger partial charge >= 0.3 is 6.18 Å². The molecule has 0 spiro atoms. The largest absolute Gasteiger partial charge is 0.433 e. The average Bonchev–Trinajstić information content (AvgIpc) is 3.32. The van der Waals surface area contributed by atoms with Crippen molar-refractivity contribution >= 4 is 33.2 Å². The number of nitrogens with zero attached hydrogens (tertiary/aromatic N) is 5. The van der Waals surface area contributed by atoms with E-state index in [1.54, 1.807) is 49.8 Å². The lowest BCUT2D eigenvalue weighted by atomic mass is 9.91. The van der Waals surface area contributed by atoms with Crippen molar-refractivity contribution in [2.75, 3.05) is 5.32 Å². The van der Waals surface area contributed by atoms with Crippen molar-refractivity contribution in [2.24, 2.45) is 0 Å². The van der Waals surface area contributed by atoms with E-state index in [1.807, 2.05) is 12.3 Å². The van der Waals surface area contributed by atoms with Gasteiger partial charge in [0, 0.05) is 23.4 Å². The number of fused-ring (bicyclic) bond motifs is 1. The number of benzene rings is 1. The molecule has 3 aromatic heterocycles. The zero-order chi connectivity index (χ0) is 24.0. The molecular formula is C22H20BrF3N6O. The lowest BCUT2D eigenvalue weighted by Crippen LogP contribution is -2.20. The van der Waals surface area contributed by atoms with Gasteiger partial charge in [-0.3, -0.25) is 9.48 Å². The van der Waals surface area contributed by atoms with Crippen LogP contribution in [0.5, 0.6) is 0 Å². The van der Waals surface area contributed by atoms with Gasteiger partial charge in [0.25, 0.3) is 5.91 Å². The Morgan fingerprint density at radius 1 is 1.15 bits per heavy atom. The van der Waals surface area contributed by atoms with E-state index in [-0.39, 0.29) is 17.0 Å². The number of nitrogens with one attached hydrogen (secondary N) is 1. The summed E-state index contributed by atoms with van der Waals surface area (Å²) in [5, 5.41) is 10.8. The van der Waals surface area contributed by atoms with E-state index in [1.165, 1.54) is 6.07 Å². The first-order chi connectivity index (χ1) is 15.4. The Labute approximate surface area is 195 Å². The van der Waals surface area contributed by atoms with Gasteiger partial charge in [0.15, 0.2) is 11.3 Å². The molecule has 33 heavy (non-hydrogen) atoms. The number of carbonyl (C=O) groups is 1. The molecule has 0 aliphatic carbocycles. The van der Waals surface area contributed by atoms with Crippen molar-refractivity contribution in [3.05, 3.63) is 75.9 Å². The molecule has 0 saturated heterocycles. The number of hydrogen-bond donors (Lipinski definition) is 1. The van der Waals surface area contributed by atoms with E-state index in [2.05, 4.69) is 36.4 Å². The number of aromatic nitrogens is 5. The van der Waals surface area contributed by atoms with Crippen molar-refractivity contribution < 1.29 is 18.0 Å². The van der Waals surface area contributed by atoms with Gasteiger partial charge < -0.3 is 5.32 Å². The van der Waals surface area contributed by atoms with Crippen molar-refractivity contribution in [3.63, 3.8) is 0 Å². The minimum absolute atomic E-state index is 0.0436. The lowest BCUT2D eigenvalue weighted by molar-refractivity contribution is -0.142. The highest BCUT2D eigenvalue weighted by Gasteiger charge is 2.36. The summed E-state index contributed by atoms with van der Waals surface area (Å²) in [4.78, 5) is 17.1. The first-order valence-electron chi connectivity index (χ1n) is 9.97. The van der Waals surface area contributed by atoms with Crippen LogP contribution in [0.1, 0.15) is 48.2 Å². The number of hydrogen-bond acceptors (Lipinski definition) is 4. The molecule has 7 nitrogen and oxygen atoms in total. The number of carbonyl (C=O) groups excluding carboxylic acids is 1. The summed E-state index contributed by atoms with van der Waals surface area (Å²) in [7, 11) is 0. The third-order valence-electron chi connectivity index (χ3n) is 4.85. The molecule has 1 aromatic carbocycles. The second kappa shape index (κ2) is 8.29. The number of rotatable bonds is 4. The smallest absolute Gasteiger partial charge is 0.321 e. The van der Waals surface area contributed by atoms with E-state index < -0.39 is 23.2 Å². The van der Waals surface area contributed by atoms with Gasteiger partial charge in [-0.15, -0.1) is 0 Å². The number of halogens is 4. The molecule has 4 aromatic rings. The first kappa shape index (κ1) is 23.0. The second-order valence-corrected chi connectivity index (χ2v) is 9.50. The first-order valence-corrected chi connectivity index (χ1v) is 10.8. The summed E-state index contributed by atoms with van der Waals surface area (Å²) in [5.41, 5.74) is -0.178. The van der Waals surface area contributed by atoms with Gasteiger partial charge in [0.1, 0.15) is 5.69 Å². The zero-order valence-corrected chi connectivity index (χ0v) is 19.6. The summed E-state index contributed by atoms with van der Waals surface area (Å²) in [6.07, 6.45) is -1.17. The molecule has 1 N–H and O–H groups in total.